The molecule has 0 spiro atoms. The number of hydrogen-bond donors (Lipinski definition) is 0. The Morgan fingerprint density at radius 2 is 1.74 bits per heavy atom. The van der Waals surface area contributed by atoms with E-state index in [2.05, 4.69) is 6.58 Å². The molecule has 2 aromatic rings. The van der Waals surface area contributed by atoms with Crippen LogP contribution in [0.25, 0.3) is 11.1 Å². The van der Waals surface area contributed by atoms with Crippen LogP contribution in [-0.4, -0.2) is 0 Å². The Morgan fingerprint density at radius 3 is 2.30 bits per heavy atom. The maximum absolute atomic E-state index is 14.0. The highest BCUT2D eigenvalue weighted by molar-refractivity contribution is 6.30. The van der Waals surface area contributed by atoms with E-state index in [0.29, 0.717) is 27.3 Å². The third kappa shape index (κ3) is 4.40. The van der Waals surface area contributed by atoms with Gasteiger partial charge in [-0.3, -0.25) is 0 Å². The lowest BCUT2D eigenvalue weighted by atomic mass is 10.0. The summed E-state index contributed by atoms with van der Waals surface area (Å²) in [5, 5.41) is 0.583. The van der Waals surface area contributed by atoms with E-state index in [1.807, 2.05) is 13.0 Å². The van der Waals surface area contributed by atoms with Gasteiger partial charge in [0.25, 0.3) is 0 Å². The molecule has 0 aliphatic carbocycles. The number of halogens is 3. The van der Waals surface area contributed by atoms with E-state index in [9.17, 15) is 8.78 Å². The van der Waals surface area contributed by atoms with E-state index in [4.69, 9.17) is 11.6 Å². The van der Waals surface area contributed by atoms with Gasteiger partial charge in [-0.1, -0.05) is 54.6 Å². The number of allylic oxidation sites excluding steroid dienone is 5. The molecule has 118 valence electrons. The lowest BCUT2D eigenvalue weighted by molar-refractivity contribution is 0.623. The third-order valence-corrected chi connectivity index (χ3v) is 3.70. The molecule has 0 saturated carbocycles. The van der Waals surface area contributed by atoms with Gasteiger partial charge in [-0.2, -0.15) is 0 Å². The summed E-state index contributed by atoms with van der Waals surface area (Å²) in [5.41, 5.74) is 2.83. The summed E-state index contributed by atoms with van der Waals surface area (Å²) >= 11 is 5.85. The van der Waals surface area contributed by atoms with E-state index in [1.54, 1.807) is 42.5 Å². The van der Waals surface area contributed by atoms with Gasteiger partial charge in [0.1, 0.15) is 11.6 Å². The molecule has 0 fully saturated rings. The fraction of sp³-hybridized carbons (Fsp3) is 0.100. The van der Waals surface area contributed by atoms with Crippen LogP contribution in [-0.2, 0) is 0 Å². The van der Waals surface area contributed by atoms with Crippen molar-refractivity contribution in [2.75, 3.05) is 0 Å². The first-order chi connectivity index (χ1) is 10.9. The maximum atomic E-state index is 14.0. The van der Waals surface area contributed by atoms with E-state index >= 15 is 0 Å². The zero-order chi connectivity index (χ0) is 17.0. The normalized spacial score (nSPS) is 12.4. The largest absolute Gasteiger partial charge is 0.211 e. The second-order valence-corrected chi connectivity index (χ2v) is 5.73. The first kappa shape index (κ1) is 17.2. The summed E-state index contributed by atoms with van der Waals surface area (Å²) in [6, 6.07) is 11.8. The maximum Gasteiger partial charge on any atom is 0.131 e. The molecular weight excluding hydrogens is 314 g/mol. The Labute approximate surface area is 140 Å². The molecule has 0 radical (unpaired) electrons. The molecule has 3 heteroatoms. The number of hydrogen-bond acceptors (Lipinski definition) is 0. The predicted molar refractivity (Wildman–Crippen MR) is 94.5 cm³/mol. The molecule has 2 rings (SSSR count). The number of benzene rings is 2. The highest BCUT2D eigenvalue weighted by Gasteiger charge is 2.06. The van der Waals surface area contributed by atoms with Gasteiger partial charge in [-0.15, -0.1) is 0 Å². The van der Waals surface area contributed by atoms with Crippen molar-refractivity contribution in [3.05, 3.63) is 94.6 Å². The number of aryl methyl sites for hydroxylation is 1. The molecule has 0 aromatic heterocycles. The average Bonchev–Trinajstić information content (AvgIpc) is 2.48. The highest BCUT2D eigenvalue weighted by atomic mass is 35.5. The van der Waals surface area contributed by atoms with Crippen molar-refractivity contribution >= 4 is 22.7 Å². The SMILES string of the molecule is C=C(/C=C\C(=C(/C)F)c1ccc(Cl)cc1)c1ccc(C)cc1F. The van der Waals surface area contributed by atoms with Crippen molar-refractivity contribution < 1.29 is 8.78 Å². The van der Waals surface area contributed by atoms with E-state index < -0.39 is 0 Å². The van der Waals surface area contributed by atoms with Crippen LogP contribution in [0.2, 0.25) is 5.02 Å². The quantitative estimate of drug-likeness (QED) is 0.543. The molecule has 0 aliphatic rings. The lowest BCUT2D eigenvalue weighted by Gasteiger charge is -2.06. The molecule has 2 aromatic carbocycles. The first-order valence-electron chi connectivity index (χ1n) is 7.14. The average molecular weight is 331 g/mol. The lowest BCUT2D eigenvalue weighted by Crippen LogP contribution is -1.88. The molecule has 0 amide bonds. The van der Waals surface area contributed by atoms with Crippen LogP contribution in [0.15, 0.2) is 67.0 Å². The molecular formula is C20H17ClF2. The van der Waals surface area contributed by atoms with Gasteiger partial charge in [0.05, 0.1) is 0 Å². The molecule has 0 unspecified atom stereocenters. The second kappa shape index (κ2) is 7.38. The van der Waals surface area contributed by atoms with Gasteiger partial charge in [-0.25, -0.2) is 8.78 Å². The molecule has 0 aliphatic heterocycles. The van der Waals surface area contributed by atoms with Gasteiger partial charge in [-0.05, 0) is 48.7 Å². The van der Waals surface area contributed by atoms with Crippen LogP contribution in [0.4, 0.5) is 8.78 Å². The molecule has 0 saturated heterocycles. The van der Waals surface area contributed by atoms with Crippen molar-refractivity contribution in [2.45, 2.75) is 13.8 Å². The number of rotatable bonds is 4. The summed E-state index contributed by atoms with van der Waals surface area (Å²) in [4.78, 5) is 0. The van der Waals surface area contributed by atoms with Crippen molar-refractivity contribution in [2.24, 2.45) is 0 Å². The Morgan fingerprint density at radius 1 is 1.09 bits per heavy atom. The zero-order valence-electron chi connectivity index (χ0n) is 13.0. The fourth-order valence-electron chi connectivity index (χ4n) is 2.19. The van der Waals surface area contributed by atoms with Crippen LogP contribution >= 0.6 is 11.6 Å². The molecule has 23 heavy (non-hydrogen) atoms. The van der Waals surface area contributed by atoms with E-state index in [1.165, 1.54) is 13.0 Å². The zero-order valence-corrected chi connectivity index (χ0v) is 13.8. The van der Waals surface area contributed by atoms with Crippen LogP contribution in [0.5, 0.6) is 0 Å². The standard InChI is InChI=1S/C20H17ClF2/c1-13-4-10-18(20(23)12-13)14(2)5-11-19(15(3)22)16-6-8-17(21)9-7-16/h4-12H,2H2,1,3H3/b11-5-,19-15-. The third-order valence-electron chi connectivity index (χ3n) is 3.45. The monoisotopic (exact) mass is 330 g/mol. The summed E-state index contributed by atoms with van der Waals surface area (Å²) in [5.74, 6) is -0.672. The van der Waals surface area contributed by atoms with Gasteiger partial charge in [0, 0.05) is 16.2 Å². The first-order valence-corrected chi connectivity index (χ1v) is 7.52. The van der Waals surface area contributed by atoms with Crippen molar-refractivity contribution in [3.63, 3.8) is 0 Å². The molecule has 0 heterocycles. The molecule has 0 atom stereocenters. The van der Waals surface area contributed by atoms with Gasteiger partial charge in [0.15, 0.2) is 0 Å². The predicted octanol–water partition coefficient (Wildman–Crippen LogP) is 6.76. The van der Waals surface area contributed by atoms with E-state index in [0.717, 1.165) is 5.56 Å². The van der Waals surface area contributed by atoms with Gasteiger partial charge in [0.2, 0.25) is 0 Å². The van der Waals surface area contributed by atoms with Gasteiger partial charge >= 0.3 is 0 Å². The fourth-order valence-corrected chi connectivity index (χ4v) is 2.32. The summed E-state index contributed by atoms with van der Waals surface area (Å²) < 4.78 is 27.8. The minimum absolute atomic E-state index is 0.333. The van der Waals surface area contributed by atoms with Crippen LogP contribution in [0.1, 0.15) is 23.6 Å². The summed E-state index contributed by atoms with van der Waals surface area (Å²) in [7, 11) is 0. The topological polar surface area (TPSA) is 0 Å². The minimum Gasteiger partial charge on any atom is -0.211 e. The smallest absolute Gasteiger partial charge is 0.131 e. The second-order valence-electron chi connectivity index (χ2n) is 5.30. The van der Waals surface area contributed by atoms with Crippen LogP contribution in [0.3, 0.4) is 0 Å². The Kier molecular flexibility index (Phi) is 5.51. The highest BCUT2D eigenvalue weighted by Crippen LogP contribution is 2.25. The van der Waals surface area contributed by atoms with Crippen molar-refractivity contribution in [1.82, 2.24) is 0 Å². The molecule has 0 nitrogen and oxygen atoms in total. The van der Waals surface area contributed by atoms with Crippen LogP contribution < -0.4 is 0 Å². The minimum atomic E-state index is -0.339. The molecule has 0 bridgehead atoms. The van der Waals surface area contributed by atoms with E-state index in [-0.39, 0.29) is 11.6 Å². The summed E-state index contributed by atoms with van der Waals surface area (Å²) in [6.07, 6.45) is 3.21. The Hall–Kier alpha value is -2.19. The van der Waals surface area contributed by atoms with Crippen molar-refractivity contribution in [3.8, 4) is 0 Å². The summed E-state index contributed by atoms with van der Waals surface area (Å²) in [6.45, 7) is 7.06. The van der Waals surface area contributed by atoms with Crippen LogP contribution in [0, 0.1) is 12.7 Å². The van der Waals surface area contributed by atoms with Crippen molar-refractivity contribution in [1.29, 1.82) is 0 Å². The molecule has 0 N–H and O–H groups in total. The Bertz CT molecular complexity index is 780. The van der Waals surface area contributed by atoms with Gasteiger partial charge < -0.3 is 0 Å². The Balaban J connectivity index is 2.30.